The first-order valence-electron chi connectivity index (χ1n) is 36.5. The highest BCUT2D eigenvalue weighted by Gasteiger charge is 2.59. The number of hydrogen-bond acceptors (Lipinski definition) is 26. The Morgan fingerprint density at radius 2 is 1.10 bits per heavy atom. The van der Waals surface area contributed by atoms with E-state index in [9.17, 15) is 60.0 Å². The topological polar surface area (TPSA) is 359 Å². The molecular formula is C72H116O26. The fraction of sp³-hybridized carbons (Fsp3) is 0.833. The number of carbonyl (C=O) groups is 4. The molecule has 1 aromatic carbocycles. The number of aliphatic hydroxyl groups excluding tert-OH is 8. The van der Waals surface area contributed by atoms with Crippen LogP contribution >= 0.6 is 0 Å². The lowest BCUT2D eigenvalue weighted by molar-refractivity contribution is -0.400. The zero-order valence-corrected chi connectivity index (χ0v) is 58.7. The largest absolute Gasteiger partial charge is 0.456 e. The van der Waals surface area contributed by atoms with Crippen LogP contribution in [0, 0.1) is 5.92 Å². The van der Waals surface area contributed by atoms with Crippen LogP contribution in [0.1, 0.15) is 215 Å². The Bertz CT molecular complexity index is 2510. The molecule has 0 bridgehead atoms. The number of fused-ring (bicyclic) bond motifs is 2. The van der Waals surface area contributed by atoms with Gasteiger partial charge in [-0.05, 0) is 71.4 Å². The lowest BCUT2D eigenvalue weighted by atomic mass is 9.95. The van der Waals surface area contributed by atoms with Gasteiger partial charge in [-0.2, -0.15) is 0 Å². The van der Waals surface area contributed by atoms with Crippen LogP contribution in [-0.2, 0) is 85.5 Å². The minimum Gasteiger partial charge on any atom is -0.456 e. The van der Waals surface area contributed by atoms with Gasteiger partial charge in [-0.25, -0.2) is 4.79 Å². The van der Waals surface area contributed by atoms with Crippen molar-refractivity contribution in [1.29, 1.82) is 0 Å². The van der Waals surface area contributed by atoms with E-state index in [-0.39, 0.29) is 18.9 Å². The highest BCUT2D eigenvalue weighted by atomic mass is 16.8. The van der Waals surface area contributed by atoms with Crippen LogP contribution in [0.5, 0.6) is 0 Å². The average molecular weight is 1400 g/mol. The van der Waals surface area contributed by atoms with E-state index in [1.807, 2.05) is 0 Å². The second-order valence-corrected chi connectivity index (χ2v) is 27.5. The average Bonchev–Trinajstić information content (AvgIpc) is 0.767. The zero-order chi connectivity index (χ0) is 71.0. The molecule has 27 atom stereocenters. The van der Waals surface area contributed by atoms with Crippen LogP contribution in [0.2, 0.25) is 0 Å². The van der Waals surface area contributed by atoms with Crippen LogP contribution in [0.3, 0.4) is 0 Å². The molecule has 1 aromatic rings. The number of ether oxygens (including phenoxy) is 14. The first kappa shape index (κ1) is 81.4. The summed E-state index contributed by atoms with van der Waals surface area (Å²) >= 11 is 0. The highest BCUT2D eigenvalue weighted by Crippen LogP contribution is 2.40. The Kier molecular flexibility index (Phi) is 34.4. The summed E-state index contributed by atoms with van der Waals surface area (Å²) in [6, 6.07) is 8.83. The SMILES string of the molecule is CCCCCCCCCCCC(=O)O[C@H]1[C@H](O[C@@H]2[C@@H](O)[C@H]3OC(=O)CCCCCCCCCC(CCCCC)O[C@@H]4O[C@H](CO)[C@H](O)[C@H](O)[C@H]4O[C@@H]3O[C@H]2C)O[C@@H](C)[C@H](O[C@@H]2O[C@@H](C)[C@H](OC(=O)[C@@H](C)CC)[C@@H](O)[C@H]2OC(=O)/C=C/c2ccccc2)[C@H]1O[C@@H]1O[C@@H](C)[C@H](O)[C@@H](O)[C@H]1O. The van der Waals surface area contributed by atoms with Crippen molar-refractivity contribution >= 4 is 30.0 Å². The summed E-state index contributed by atoms with van der Waals surface area (Å²) in [4.78, 5) is 55.9. The van der Waals surface area contributed by atoms with Crippen molar-refractivity contribution in [2.75, 3.05) is 6.61 Å². The van der Waals surface area contributed by atoms with Crippen LogP contribution in [-0.4, -0.2) is 231 Å². The van der Waals surface area contributed by atoms with Crippen molar-refractivity contribution in [2.45, 2.75) is 369 Å². The van der Waals surface area contributed by atoms with Crippen LogP contribution < -0.4 is 0 Å². The Balaban J connectivity index is 1.26. The molecule has 0 saturated carbocycles. The number of aliphatic hydroxyl groups is 8. The molecule has 98 heavy (non-hydrogen) atoms. The zero-order valence-electron chi connectivity index (χ0n) is 58.7. The molecule has 8 N–H and O–H groups in total. The van der Waals surface area contributed by atoms with Gasteiger partial charge in [-0.1, -0.05) is 167 Å². The van der Waals surface area contributed by atoms with Gasteiger partial charge < -0.3 is 107 Å². The lowest BCUT2D eigenvalue weighted by Gasteiger charge is -2.51. The molecule has 560 valence electrons. The van der Waals surface area contributed by atoms with E-state index in [0.29, 0.717) is 50.5 Å². The third-order valence-corrected chi connectivity index (χ3v) is 19.6. The summed E-state index contributed by atoms with van der Waals surface area (Å²) in [7, 11) is 0. The molecular weight excluding hydrogens is 1280 g/mol. The molecule has 7 rings (SSSR count). The van der Waals surface area contributed by atoms with E-state index in [2.05, 4.69) is 13.8 Å². The summed E-state index contributed by atoms with van der Waals surface area (Å²) in [5, 5.41) is 92.5. The van der Waals surface area contributed by atoms with E-state index in [1.165, 1.54) is 33.8 Å². The van der Waals surface area contributed by atoms with Crippen molar-refractivity contribution < 1.29 is 126 Å². The maximum atomic E-state index is 14.6. The first-order valence-corrected chi connectivity index (χ1v) is 36.5. The van der Waals surface area contributed by atoms with Crippen molar-refractivity contribution in [2.24, 2.45) is 5.92 Å². The van der Waals surface area contributed by atoms with Gasteiger partial charge in [0.2, 0.25) is 0 Å². The minimum atomic E-state index is -1.96. The normalized spacial score (nSPS) is 38.3. The van der Waals surface area contributed by atoms with Crippen molar-refractivity contribution in [1.82, 2.24) is 0 Å². The van der Waals surface area contributed by atoms with Crippen molar-refractivity contribution in [3.8, 4) is 0 Å². The quantitative estimate of drug-likeness (QED) is 0.0190. The van der Waals surface area contributed by atoms with Gasteiger partial charge in [0.15, 0.2) is 55.9 Å². The second-order valence-electron chi connectivity index (χ2n) is 27.5. The van der Waals surface area contributed by atoms with Crippen LogP contribution in [0.4, 0.5) is 0 Å². The molecule has 0 aromatic heterocycles. The standard InChI is InChI=1S/C72H116O26/c1-9-12-14-15-16-17-20-23-31-37-50(75)93-66-65(98-68-56(81)54(79)52(77)42(5)85-68)61(96-69-63(92-51(76)39-38-46-32-27-25-28-33-46)57(82)59(43(6)86-69)94-67(84)41(4)11-3)45(8)88-72(66)95-60-44(7)87-70-64(58(60)83)91-49(74)36-30-24-21-18-19-22-29-35-47(34-26-13-10-2)89-71-62(97-70)55(80)53(78)48(40-73)90-71/h25,27-28,32-33,38-39,41-45,47-48,52-66,68-73,77-83H,9-24,26,29-31,34-37,40H2,1-8H3/b39-38+/t41-,42-,43-,44-,45-,47?,48+,52-,53-,54+,55-,56+,57+,58+,59-,60-,61-,62+,63+,64+,65+,66+,68-,69-,70-,71+,72-/m0/s1. The maximum absolute atomic E-state index is 14.6. The van der Waals surface area contributed by atoms with Gasteiger partial charge in [-0.3, -0.25) is 14.4 Å². The highest BCUT2D eigenvalue weighted by molar-refractivity contribution is 5.87. The summed E-state index contributed by atoms with van der Waals surface area (Å²) in [5.41, 5.74) is 0.639. The van der Waals surface area contributed by atoms with Gasteiger partial charge in [-0.15, -0.1) is 0 Å². The second kappa shape index (κ2) is 41.4. The van der Waals surface area contributed by atoms with E-state index in [1.54, 1.807) is 44.2 Å². The van der Waals surface area contributed by atoms with Crippen molar-refractivity contribution in [3.63, 3.8) is 0 Å². The predicted molar refractivity (Wildman–Crippen MR) is 351 cm³/mol. The van der Waals surface area contributed by atoms with E-state index < -0.39 is 190 Å². The lowest BCUT2D eigenvalue weighted by Crippen LogP contribution is -2.68. The van der Waals surface area contributed by atoms with Crippen LogP contribution in [0.15, 0.2) is 36.4 Å². The number of unbranched alkanes of at least 4 members (excludes halogenated alkanes) is 10. The fourth-order valence-electron chi connectivity index (χ4n) is 13.4. The fourth-order valence-corrected chi connectivity index (χ4v) is 13.4. The molecule has 0 radical (unpaired) electrons. The number of rotatable bonds is 28. The first-order chi connectivity index (χ1) is 47.1. The maximum Gasteiger partial charge on any atom is 0.331 e. The molecule has 0 amide bonds. The molecule has 0 spiro atoms. The monoisotopic (exact) mass is 1400 g/mol. The van der Waals surface area contributed by atoms with Gasteiger partial charge in [0.1, 0.15) is 73.2 Å². The van der Waals surface area contributed by atoms with Gasteiger partial charge in [0, 0.05) is 18.9 Å². The molecule has 0 aliphatic carbocycles. The third kappa shape index (κ3) is 23.3. The minimum absolute atomic E-state index is 0.0663. The smallest absolute Gasteiger partial charge is 0.331 e. The van der Waals surface area contributed by atoms with Crippen molar-refractivity contribution in [3.05, 3.63) is 42.0 Å². The number of benzene rings is 1. The Morgan fingerprint density at radius 3 is 1.78 bits per heavy atom. The van der Waals surface area contributed by atoms with Gasteiger partial charge in [0.25, 0.3) is 0 Å². The van der Waals surface area contributed by atoms with Crippen LogP contribution in [0.25, 0.3) is 6.08 Å². The molecule has 6 saturated heterocycles. The molecule has 26 nitrogen and oxygen atoms in total. The molecule has 6 fully saturated rings. The van der Waals surface area contributed by atoms with E-state index >= 15 is 0 Å². The van der Waals surface area contributed by atoms with Gasteiger partial charge in [0.05, 0.1) is 43.0 Å². The van der Waals surface area contributed by atoms with E-state index in [4.69, 9.17) is 66.3 Å². The molecule has 6 aliphatic rings. The summed E-state index contributed by atoms with van der Waals surface area (Å²) in [5.74, 6) is -3.73. The number of carbonyl (C=O) groups excluding carboxylic acids is 4. The molecule has 1 unspecified atom stereocenters. The summed E-state index contributed by atoms with van der Waals surface area (Å²) in [6.07, 6.45) is -19.9. The molecule has 6 heterocycles. The van der Waals surface area contributed by atoms with Gasteiger partial charge >= 0.3 is 23.9 Å². The van der Waals surface area contributed by atoms with E-state index in [0.717, 1.165) is 102 Å². The number of esters is 4. The summed E-state index contributed by atoms with van der Waals surface area (Å²) in [6.45, 7) is 13.0. The third-order valence-electron chi connectivity index (χ3n) is 19.6. The Labute approximate surface area is 577 Å². The Morgan fingerprint density at radius 1 is 0.520 bits per heavy atom. The molecule has 26 heteroatoms. The Hall–Kier alpha value is -3.88. The summed E-state index contributed by atoms with van der Waals surface area (Å²) < 4.78 is 89.7. The predicted octanol–water partition coefficient (Wildman–Crippen LogP) is 6.57. The number of hydrogen-bond donors (Lipinski definition) is 8. The molecule has 6 aliphatic heterocycles.